The van der Waals surface area contributed by atoms with E-state index >= 15 is 0 Å². The Labute approximate surface area is 513 Å². The van der Waals surface area contributed by atoms with Gasteiger partial charge in [0.05, 0.1) is 45.6 Å². The van der Waals surface area contributed by atoms with Crippen molar-refractivity contribution in [1.82, 2.24) is 9.80 Å². The van der Waals surface area contributed by atoms with E-state index in [1.54, 1.807) is 0 Å². The van der Waals surface area contributed by atoms with Gasteiger partial charge in [0.25, 0.3) is 5.91 Å². The highest BCUT2D eigenvalue weighted by atomic mass is 16.5. The zero-order valence-electron chi connectivity index (χ0n) is 49.9. The summed E-state index contributed by atoms with van der Waals surface area (Å²) in [5.74, 6) is 1.67. The molecule has 8 bridgehead atoms. The third-order valence-electron chi connectivity index (χ3n) is 17.5. The smallest absolute Gasteiger partial charge is 0.253 e. The summed E-state index contributed by atoms with van der Waals surface area (Å²) in [6.07, 6.45) is 16.6. The molecule has 0 atom stereocenters. The lowest BCUT2D eigenvalue weighted by atomic mass is 9.90. The number of rotatable bonds is 12. The van der Waals surface area contributed by atoms with E-state index in [0.717, 1.165) is 166 Å². The number of ether oxygens (including phenoxy) is 1. The second-order valence-corrected chi connectivity index (χ2v) is 22.4. The number of anilines is 2. The first-order valence-corrected chi connectivity index (χ1v) is 30.6. The fourth-order valence-corrected chi connectivity index (χ4v) is 13.0. The second-order valence-electron chi connectivity index (χ2n) is 22.4. The zero-order chi connectivity index (χ0) is 59.8. The molecule has 1 amide bonds. The number of aliphatic hydroxyl groups excluding tert-OH is 1. The third kappa shape index (κ3) is 10.2. The van der Waals surface area contributed by atoms with Crippen molar-refractivity contribution in [2.75, 3.05) is 62.2 Å². The molecule has 7 aromatic rings. The van der Waals surface area contributed by atoms with E-state index < -0.39 is 0 Å². The largest absolute Gasteiger partial charge is 0.494 e. The van der Waals surface area contributed by atoms with E-state index in [9.17, 15) is 9.90 Å². The van der Waals surface area contributed by atoms with Crippen LogP contribution in [-0.2, 0) is 0 Å². The number of carbonyl (C=O) groups is 1. The number of hydrogen-bond donors (Lipinski definition) is 1. The van der Waals surface area contributed by atoms with Crippen LogP contribution in [-0.4, -0.2) is 96.0 Å². The van der Waals surface area contributed by atoms with Gasteiger partial charge in [0.15, 0.2) is 5.88 Å². The standard InChI is InChI=1S/C77H66N8O3/c1-5-82(6-2)55-32-34-59-69(48-55)88-70-49-56(83(7-3)8-4)33-35-60(70)75(59)57-26-18-19-27-58(57)77(87)85-46-44-84(45-47-85)76(86)54-30-28-53(29-31-54)74-67-42-40-65(80-67)72(51-22-14-10-15-23-51)63-38-36-61(78-63)71(50-20-12-9-13-21-50)62-37-39-64(79-62)73(52-24-16-11-17-25-52)66-41-43-68(74)81-66/h9-43,48-49,87H,5-8,44-47H2,1-4H3. The first kappa shape index (κ1) is 55.2. The Morgan fingerprint density at radius 2 is 0.784 bits per heavy atom. The quantitative estimate of drug-likeness (QED) is 0.131. The van der Waals surface area contributed by atoms with Crippen molar-refractivity contribution in [2.45, 2.75) is 27.7 Å². The highest BCUT2D eigenvalue weighted by Gasteiger charge is 2.31. The highest BCUT2D eigenvalue weighted by Crippen LogP contribution is 2.46. The van der Waals surface area contributed by atoms with Gasteiger partial charge in [-0.2, -0.15) is 0 Å². The summed E-state index contributed by atoms with van der Waals surface area (Å²) in [6, 6.07) is 59.9. The van der Waals surface area contributed by atoms with Gasteiger partial charge in [0.1, 0.15) is 11.5 Å². The van der Waals surface area contributed by atoms with Crippen molar-refractivity contribution >= 4 is 73.9 Å². The molecule has 1 saturated heterocycles. The number of aliphatic imine (C=N–C) groups is 4. The molecule has 7 aromatic carbocycles. The predicted octanol–water partition coefficient (Wildman–Crippen LogP) is 13.8. The maximum Gasteiger partial charge on any atom is 0.253 e. The van der Waals surface area contributed by atoms with Crippen LogP contribution >= 0.6 is 0 Å². The molecule has 0 aliphatic carbocycles. The lowest BCUT2D eigenvalue weighted by molar-refractivity contribution is 0.0664. The average molecular weight is 1150 g/mol. The van der Waals surface area contributed by atoms with Crippen molar-refractivity contribution in [2.24, 2.45) is 20.0 Å². The van der Waals surface area contributed by atoms with Gasteiger partial charge >= 0.3 is 0 Å². The second kappa shape index (κ2) is 23.7. The van der Waals surface area contributed by atoms with Crippen LogP contribution in [0.25, 0.3) is 33.7 Å². The Kier molecular flexibility index (Phi) is 14.9. The van der Waals surface area contributed by atoms with Crippen LogP contribution in [0.2, 0.25) is 0 Å². The van der Waals surface area contributed by atoms with Crippen molar-refractivity contribution in [3.63, 3.8) is 0 Å². The molecular formula is C77H66N8O3. The van der Waals surface area contributed by atoms with Crippen molar-refractivity contribution in [3.05, 3.63) is 297 Å². The summed E-state index contributed by atoms with van der Waals surface area (Å²) in [7, 11) is 0. The number of carbonyl (C=O) groups excluding carboxylic acids is 1. The Balaban J connectivity index is 0.804. The Bertz CT molecular complexity index is 4420. The molecule has 0 aromatic heterocycles. The molecule has 432 valence electrons. The van der Waals surface area contributed by atoms with E-state index in [1.165, 1.54) is 0 Å². The van der Waals surface area contributed by atoms with Crippen LogP contribution in [0, 0.1) is 0 Å². The molecule has 88 heavy (non-hydrogen) atoms. The zero-order valence-corrected chi connectivity index (χ0v) is 49.9. The Morgan fingerprint density at radius 1 is 0.420 bits per heavy atom. The van der Waals surface area contributed by atoms with Crippen LogP contribution in [0.3, 0.4) is 0 Å². The molecule has 11 heteroatoms. The molecule has 1 fully saturated rings. The third-order valence-corrected chi connectivity index (χ3v) is 17.5. The number of fused-ring (bicyclic) bond motifs is 6. The lowest BCUT2D eigenvalue weighted by Crippen LogP contribution is -2.49. The van der Waals surface area contributed by atoms with Gasteiger partial charge < -0.3 is 29.4 Å². The van der Waals surface area contributed by atoms with Crippen molar-refractivity contribution < 1.29 is 14.6 Å². The molecular weight excluding hydrogens is 1080 g/mol. The lowest BCUT2D eigenvalue weighted by Gasteiger charge is -2.35. The van der Waals surface area contributed by atoms with E-state index in [-0.39, 0.29) is 11.8 Å². The van der Waals surface area contributed by atoms with Gasteiger partial charge in [0, 0.05) is 126 Å². The number of amides is 1. The molecule has 11 nitrogen and oxygen atoms in total. The molecule has 7 heterocycles. The SMILES string of the molecule is CCN(CC)c1ccc2c(c1)Oc1cc(N(CC)CC)ccc1C2=c1ccccc1=C(O)N1CCN(C(=O)c2ccc(C3=C4C=CC(=N4)C(c4ccccc4)=C4C=CC(=N4)C(c4ccccc4)=C4C=CC(=N4)C(c4ccccc4)=C4C=CC3=N4)cc2)CC1. The van der Waals surface area contributed by atoms with Crippen molar-refractivity contribution in [3.8, 4) is 11.5 Å². The van der Waals surface area contributed by atoms with Crippen LogP contribution in [0.4, 0.5) is 11.4 Å². The Hall–Kier alpha value is -10.7. The highest BCUT2D eigenvalue weighted by molar-refractivity contribution is 6.39. The Morgan fingerprint density at radius 3 is 1.18 bits per heavy atom. The van der Waals surface area contributed by atoms with Gasteiger partial charge in [-0.05, 0) is 146 Å². The topological polar surface area (TPSA) is 109 Å². The minimum atomic E-state index is -0.0735. The summed E-state index contributed by atoms with van der Waals surface area (Å²) in [4.78, 5) is 44.8. The normalized spacial score (nSPS) is 16.8. The number of aliphatic hydroxyl groups is 1. The van der Waals surface area contributed by atoms with Gasteiger partial charge in [-0.15, -0.1) is 0 Å². The molecule has 0 radical (unpaired) electrons. The number of benzene rings is 7. The van der Waals surface area contributed by atoms with E-state index in [4.69, 9.17) is 24.7 Å². The molecule has 7 aliphatic heterocycles. The minimum Gasteiger partial charge on any atom is -0.494 e. The molecule has 1 N–H and O–H groups in total. The maximum absolute atomic E-state index is 14.6. The van der Waals surface area contributed by atoms with Gasteiger partial charge in [-0.25, -0.2) is 20.0 Å². The fraction of sp³-hybridized carbons (Fsp3) is 0.156. The van der Waals surface area contributed by atoms with E-state index in [1.807, 2.05) is 107 Å². The number of nitrogens with zero attached hydrogens (tertiary/aromatic N) is 8. The molecule has 0 saturated carbocycles. The number of piperazine rings is 1. The summed E-state index contributed by atoms with van der Waals surface area (Å²) in [5, 5.41) is 14.1. The fourth-order valence-electron chi connectivity index (χ4n) is 13.0. The first-order valence-electron chi connectivity index (χ1n) is 30.6. The molecule has 7 aliphatic rings. The van der Waals surface area contributed by atoms with E-state index in [2.05, 4.69) is 165 Å². The van der Waals surface area contributed by atoms with Gasteiger partial charge in [0.2, 0.25) is 0 Å². The average Bonchev–Trinajstić information content (AvgIpc) is 1.25. The summed E-state index contributed by atoms with van der Waals surface area (Å²) in [6.45, 7) is 13.9. The number of allylic oxidation sites excluding steroid dienone is 12. The molecule has 14 rings (SSSR count). The summed E-state index contributed by atoms with van der Waals surface area (Å²) < 4.78 is 6.82. The van der Waals surface area contributed by atoms with Crippen LogP contribution in [0.15, 0.2) is 267 Å². The summed E-state index contributed by atoms with van der Waals surface area (Å²) >= 11 is 0. The van der Waals surface area contributed by atoms with Gasteiger partial charge in [-0.1, -0.05) is 121 Å². The van der Waals surface area contributed by atoms with Crippen LogP contribution in [0.5, 0.6) is 11.5 Å². The summed E-state index contributed by atoms with van der Waals surface area (Å²) in [5.41, 5.74) is 19.4. The maximum atomic E-state index is 14.6. The minimum absolute atomic E-state index is 0.0735. The first-order chi connectivity index (χ1) is 43.3. The van der Waals surface area contributed by atoms with Crippen LogP contribution < -0.4 is 25.0 Å². The predicted molar refractivity (Wildman–Crippen MR) is 361 cm³/mol. The van der Waals surface area contributed by atoms with Crippen LogP contribution in [0.1, 0.15) is 71.4 Å². The number of hydrogen-bond acceptors (Lipinski definition) is 10. The molecule has 0 unspecified atom stereocenters. The van der Waals surface area contributed by atoms with Gasteiger partial charge in [-0.3, -0.25) is 4.79 Å². The van der Waals surface area contributed by atoms with Crippen molar-refractivity contribution in [1.29, 1.82) is 0 Å². The molecule has 0 spiro atoms. The monoisotopic (exact) mass is 1150 g/mol. The van der Waals surface area contributed by atoms with E-state index in [0.29, 0.717) is 31.7 Å².